The molecule has 23 heavy (non-hydrogen) atoms. The van der Waals surface area contributed by atoms with Crippen LogP contribution >= 0.6 is 0 Å². The highest BCUT2D eigenvalue weighted by molar-refractivity contribution is 6.17. The molecule has 0 unspecified atom stereocenters. The monoisotopic (exact) mass is 321 g/mol. The zero-order valence-electron chi connectivity index (χ0n) is 11.6. The number of amides is 2. The van der Waals surface area contributed by atoms with Gasteiger partial charge in [-0.2, -0.15) is 0 Å². The van der Waals surface area contributed by atoms with Crippen LogP contribution in [0.1, 0.15) is 10.4 Å². The number of hydrogen-bond donors (Lipinski definition) is 3. The van der Waals surface area contributed by atoms with E-state index in [4.69, 9.17) is 10.2 Å². The average Bonchev–Trinajstić information content (AvgIpc) is 2.75. The van der Waals surface area contributed by atoms with Crippen LogP contribution in [0.3, 0.4) is 0 Å². The molecule has 0 radical (unpaired) electrons. The predicted octanol–water partition coefficient (Wildman–Crippen LogP) is -0.0501. The number of carboxylic acid groups (broad SMARTS) is 1. The minimum absolute atomic E-state index is 0.0833. The number of aliphatic hydroxyl groups is 1. The van der Waals surface area contributed by atoms with Gasteiger partial charge in [0, 0.05) is 17.8 Å². The lowest BCUT2D eigenvalue weighted by atomic mass is 10.1. The number of anilines is 1. The van der Waals surface area contributed by atoms with E-state index in [1.165, 1.54) is 6.07 Å². The lowest BCUT2D eigenvalue weighted by molar-refractivity contribution is -0.385. The summed E-state index contributed by atoms with van der Waals surface area (Å²) >= 11 is 0. The molecule has 2 rings (SSSR count). The molecule has 0 saturated heterocycles. The summed E-state index contributed by atoms with van der Waals surface area (Å²) in [4.78, 5) is 45.3. The van der Waals surface area contributed by atoms with Crippen LogP contribution in [0.2, 0.25) is 0 Å². The number of carbonyl (C=O) groups excluding carboxylic acids is 2. The summed E-state index contributed by atoms with van der Waals surface area (Å²) in [5, 5.41) is 31.1. The summed E-state index contributed by atoms with van der Waals surface area (Å²) in [5.74, 6) is -2.76. The third kappa shape index (κ3) is 3.16. The number of imide groups is 1. The van der Waals surface area contributed by atoms with E-state index >= 15 is 0 Å². The molecule has 1 aliphatic heterocycles. The number of nitrogens with zero attached hydrogens (tertiary/aromatic N) is 2. The van der Waals surface area contributed by atoms with Crippen molar-refractivity contribution in [2.75, 3.05) is 18.5 Å². The molecule has 0 spiro atoms. The van der Waals surface area contributed by atoms with Crippen molar-refractivity contribution in [1.29, 1.82) is 0 Å². The first kappa shape index (κ1) is 16.1. The summed E-state index contributed by atoms with van der Waals surface area (Å²) in [5.41, 5.74) is -1.18. The van der Waals surface area contributed by atoms with E-state index < -0.39 is 40.6 Å². The summed E-state index contributed by atoms with van der Waals surface area (Å²) in [6.45, 7) is -0.561. The number of rotatable bonds is 6. The topological polar surface area (TPSA) is 150 Å². The fourth-order valence-electron chi connectivity index (χ4n) is 2.01. The normalized spacial score (nSPS) is 14.0. The number of β-amino-alcohol motifs (C(OH)–C–C–N with tert-alkyl or cyclic N) is 1. The van der Waals surface area contributed by atoms with Gasteiger partial charge in [0.2, 0.25) is 0 Å². The molecule has 3 N–H and O–H groups in total. The van der Waals surface area contributed by atoms with Gasteiger partial charge < -0.3 is 15.5 Å². The number of nitrogens with one attached hydrogen (secondary N) is 1. The molecule has 120 valence electrons. The standard InChI is InChI=1S/C13H11N3O7/c17-4-3-15-11(18)6-9(12(15)19)14-7-1-2-8(13(20)21)10(5-7)16(22)23/h1-2,5-6,14,17H,3-4H2,(H,20,21). The first-order valence-corrected chi connectivity index (χ1v) is 6.32. The highest BCUT2D eigenvalue weighted by atomic mass is 16.6. The number of carbonyl (C=O) groups is 3. The Labute approximate surface area is 128 Å². The number of carboxylic acids is 1. The summed E-state index contributed by atoms with van der Waals surface area (Å²) < 4.78 is 0. The van der Waals surface area contributed by atoms with Crippen LogP contribution in [0.5, 0.6) is 0 Å². The van der Waals surface area contributed by atoms with E-state index in [9.17, 15) is 24.5 Å². The second kappa shape index (κ2) is 6.23. The molecule has 1 aromatic rings. The van der Waals surface area contributed by atoms with Gasteiger partial charge in [-0.3, -0.25) is 24.6 Å². The molecular formula is C13H11N3O7. The van der Waals surface area contributed by atoms with Crippen molar-refractivity contribution in [2.24, 2.45) is 0 Å². The highest BCUT2D eigenvalue weighted by Crippen LogP contribution is 2.25. The molecule has 1 aliphatic rings. The number of benzene rings is 1. The Kier molecular flexibility index (Phi) is 4.37. The lowest BCUT2D eigenvalue weighted by Crippen LogP contribution is -2.34. The molecule has 0 atom stereocenters. The molecule has 2 amide bonds. The maximum absolute atomic E-state index is 11.9. The van der Waals surface area contributed by atoms with Gasteiger partial charge in [0.05, 0.1) is 18.1 Å². The van der Waals surface area contributed by atoms with Gasteiger partial charge in [0.25, 0.3) is 17.5 Å². The van der Waals surface area contributed by atoms with Gasteiger partial charge in [-0.1, -0.05) is 0 Å². The summed E-state index contributed by atoms with van der Waals surface area (Å²) in [6.07, 6.45) is 0.995. The van der Waals surface area contributed by atoms with Crippen molar-refractivity contribution in [1.82, 2.24) is 4.90 Å². The number of nitro benzene ring substituents is 1. The van der Waals surface area contributed by atoms with Crippen molar-refractivity contribution in [3.8, 4) is 0 Å². The second-order valence-corrected chi connectivity index (χ2v) is 4.50. The highest BCUT2D eigenvalue weighted by Gasteiger charge is 2.31. The lowest BCUT2D eigenvalue weighted by Gasteiger charge is -2.13. The van der Waals surface area contributed by atoms with Crippen LogP contribution in [0.15, 0.2) is 30.0 Å². The maximum Gasteiger partial charge on any atom is 0.342 e. The molecular weight excluding hydrogens is 310 g/mol. The zero-order valence-corrected chi connectivity index (χ0v) is 11.6. The number of hydrogen-bond acceptors (Lipinski definition) is 7. The molecule has 1 aromatic carbocycles. The fourth-order valence-corrected chi connectivity index (χ4v) is 2.01. The van der Waals surface area contributed by atoms with Gasteiger partial charge in [-0.15, -0.1) is 0 Å². The van der Waals surface area contributed by atoms with E-state index in [1.807, 2.05) is 0 Å². The molecule has 0 fully saturated rings. The minimum atomic E-state index is -1.45. The summed E-state index contributed by atoms with van der Waals surface area (Å²) in [7, 11) is 0. The quantitative estimate of drug-likeness (QED) is 0.375. The van der Waals surface area contributed by atoms with Gasteiger partial charge in [-0.05, 0) is 12.1 Å². The Bertz CT molecular complexity index is 741. The van der Waals surface area contributed by atoms with E-state index in [1.54, 1.807) is 0 Å². The Morgan fingerprint density at radius 2 is 2.04 bits per heavy atom. The van der Waals surface area contributed by atoms with Crippen LogP contribution < -0.4 is 5.32 Å². The van der Waals surface area contributed by atoms with Crippen molar-refractivity contribution >= 4 is 29.2 Å². The first-order valence-electron chi connectivity index (χ1n) is 6.32. The van der Waals surface area contributed by atoms with Gasteiger partial charge in [0.1, 0.15) is 11.3 Å². The Morgan fingerprint density at radius 3 is 2.61 bits per heavy atom. The molecule has 10 heteroatoms. The van der Waals surface area contributed by atoms with E-state index in [2.05, 4.69) is 5.32 Å². The molecule has 0 bridgehead atoms. The zero-order chi connectivity index (χ0) is 17.1. The van der Waals surface area contributed by atoms with E-state index in [-0.39, 0.29) is 17.9 Å². The average molecular weight is 321 g/mol. The van der Waals surface area contributed by atoms with E-state index in [0.717, 1.165) is 23.1 Å². The number of aromatic carboxylic acids is 1. The minimum Gasteiger partial charge on any atom is -0.477 e. The van der Waals surface area contributed by atoms with Crippen molar-refractivity contribution in [3.63, 3.8) is 0 Å². The molecule has 10 nitrogen and oxygen atoms in total. The molecule has 1 heterocycles. The third-order valence-electron chi connectivity index (χ3n) is 3.04. The fraction of sp³-hybridized carbons (Fsp3) is 0.154. The smallest absolute Gasteiger partial charge is 0.342 e. The molecule has 0 aliphatic carbocycles. The number of aliphatic hydroxyl groups excluding tert-OH is 1. The van der Waals surface area contributed by atoms with Crippen molar-refractivity contribution in [2.45, 2.75) is 0 Å². The van der Waals surface area contributed by atoms with Gasteiger partial charge >= 0.3 is 5.97 Å². The SMILES string of the molecule is O=C(O)c1ccc(NC2=CC(=O)N(CCO)C2=O)cc1[N+](=O)[O-]. The number of nitro groups is 1. The van der Waals surface area contributed by atoms with Crippen LogP contribution in [-0.2, 0) is 9.59 Å². The Morgan fingerprint density at radius 1 is 1.35 bits per heavy atom. The Hall–Kier alpha value is -3.27. The predicted molar refractivity (Wildman–Crippen MR) is 75.6 cm³/mol. The van der Waals surface area contributed by atoms with Crippen LogP contribution in [0.25, 0.3) is 0 Å². The summed E-state index contributed by atoms with van der Waals surface area (Å²) in [6, 6.07) is 3.22. The third-order valence-corrected chi connectivity index (χ3v) is 3.04. The largest absolute Gasteiger partial charge is 0.477 e. The van der Waals surface area contributed by atoms with Crippen LogP contribution in [-0.4, -0.2) is 51.0 Å². The van der Waals surface area contributed by atoms with Crippen LogP contribution in [0.4, 0.5) is 11.4 Å². The molecule has 0 aromatic heterocycles. The Balaban J connectivity index is 2.28. The van der Waals surface area contributed by atoms with Crippen molar-refractivity contribution < 1.29 is 29.5 Å². The molecule has 0 saturated carbocycles. The maximum atomic E-state index is 11.9. The van der Waals surface area contributed by atoms with E-state index in [0.29, 0.717) is 0 Å². The van der Waals surface area contributed by atoms with Gasteiger partial charge in [-0.25, -0.2) is 4.79 Å². The van der Waals surface area contributed by atoms with Crippen molar-refractivity contribution in [3.05, 3.63) is 45.6 Å². The first-order chi connectivity index (χ1) is 10.8. The second-order valence-electron chi connectivity index (χ2n) is 4.50. The van der Waals surface area contributed by atoms with Crippen LogP contribution in [0, 0.1) is 10.1 Å². The van der Waals surface area contributed by atoms with Gasteiger partial charge in [0.15, 0.2) is 0 Å².